The molecule has 1 heterocycles. The molecule has 1 aromatic rings. The Labute approximate surface area is 78.8 Å². The van der Waals surface area contributed by atoms with Crippen LogP contribution in [0.3, 0.4) is 0 Å². The van der Waals surface area contributed by atoms with E-state index in [1.807, 2.05) is 12.4 Å². The van der Waals surface area contributed by atoms with Gasteiger partial charge in [-0.25, -0.2) is 0 Å². The van der Waals surface area contributed by atoms with Gasteiger partial charge >= 0.3 is 0 Å². The molecule has 0 saturated carbocycles. The molecule has 1 aromatic heterocycles. The molecular weight excluding hydrogens is 158 g/mol. The van der Waals surface area contributed by atoms with Gasteiger partial charge in [0.15, 0.2) is 0 Å². The lowest BCUT2D eigenvalue weighted by Crippen LogP contribution is -2.00. The first kappa shape index (κ1) is 8.24. The molecule has 0 amide bonds. The molecule has 0 bridgehead atoms. The van der Waals surface area contributed by atoms with Gasteiger partial charge in [-0.1, -0.05) is 18.2 Å². The average molecular weight is 171 g/mol. The quantitative estimate of drug-likeness (QED) is 0.585. The zero-order chi connectivity index (χ0) is 9.26. The summed E-state index contributed by atoms with van der Waals surface area (Å²) in [6, 6.07) is 0. The lowest BCUT2D eigenvalue weighted by atomic mass is 9.91. The van der Waals surface area contributed by atoms with E-state index < -0.39 is 0 Å². The summed E-state index contributed by atoms with van der Waals surface area (Å²) in [7, 11) is 0. The highest BCUT2D eigenvalue weighted by Crippen LogP contribution is 2.27. The largest absolute Gasteiger partial charge is 0.264 e. The van der Waals surface area contributed by atoms with E-state index in [4.69, 9.17) is 0 Å². The van der Waals surface area contributed by atoms with E-state index in [1.54, 1.807) is 0 Å². The van der Waals surface area contributed by atoms with Gasteiger partial charge in [0.25, 0.3) is 0 Å². The molecule has 0 saturated heterocycles. The molecule has 1 aliphatic carbocycles. The molecule has 0 aliphatic heterocycles. The van der Waals surface area contributed by atoms with Crippen molar-refractivity contribution in [3.8, 4) is 0 Å². The molecule has 0 spiro atoms. The Balaban J connectivity index is 2.66. The molecule has 13 heavy (non-hydrogen) atoms. The van der Waals surface area contributed by atoms with Crippen LogP contribution in [0.5, 0.6) is 0 Å². The first-order chi connectivity index (χ1) is 6.33. The maximum atomic E-state index is 4.21. The van der Waals surface area contributed by atoms with E-state index in [0.717, 1.165) is 6.42 Å². The maximum Gasteiger partial charge on any atom is 0.0309 e. The van der Waals surface area contributed by atoms with E-state index in [9.17, 15) is 0 Å². The second-order valence-electron chi connectivity index (χ2n) is 3.34. The van der Waals surface area contributed by atoms with Crippen LogP contribution in [0.4, 0.5) is 0 Å². The van der Waals surface area contributed by atoms with Crippen LogP contribution in [-0.4, -0.2) is 4.98 Å². The second kappa shape index (κ2) is 3.17. The number of aryl methyl sites for hydroxylation is 1. The van der Waals surface area contributed by atoms with Crippen molar-refractivity contribution < 1.29 is 0 Å². The third-order valence-corrected chi connectivity index (χ3v) is 2.45. The Bertz CT molecular complexity index is 386. The lowest BCUT2D eigenvalue weighted by molar-refractivity contribution is 1.13. The summed E-state index contributed by atoms with van der Waals surface area (Å²) in [6.07, 6.45) is 11.5. The predicted molar refractivity (Wildman–Crippen MR) is 55.5 cm³/mol. The molecule has 0 atom stereocenters. The normalized spacial score (nSPS) is 17.5. The predicted octanol–water partition coefficient (Wildman–Crippen LogP) is 2.91. The highest BCUT2D eigenvalue weighted by Gasteiger charge is 2.10. The molecule has 0 unspecified atom stereocenters. The Morgan fingerprint density at radius 3 is 3.00 bits per heavy atom. The van der Waals surface area contributed by atoms with Gasteiger partial charge in [0.2, 0.25) is 0 Å². The third kappa shape index (κ3) is 1.31. The summed E-state index contributed by atoms with van der Waals surface area (Å²) >= 11 is 0. The third-order valence-electron chi connectivity index (χ3n) is 2.45. The van der Waals surface area contributed by atoms with Gasteiger partial charge in [-0.05, 0) is 42.5 Å². The molecule has 1 aliphatic rings. The van der Waals surface area contributed by atoms with Crippen LogP contribution >= 0.6 is 0 Å². The van der Waals surface area contributed by atoms with Crippen molar-refractivity contribution in [2.45, 2.75) is 20.3 Å². The first-order valence-electron chi connectivity index (χ1n) is 4.59. The van der Waals surface area contributed by atoms with E-state index in [-0.39, 0.29) is 0 Å². The van der Waals surface area contributed by atoms with E-state index in [0.29, 0.717) is 0 Å². The second-order valence-corrected chi connectivity index (χ2v) is 3.34. The zero-order valence-corrected chi connectivity index (χ0v) is 8.04. The fraction of sp³-hybridized carbons (Fsp3) is 0.250. The van der Waals surface area contributed by atoms with Crippen LogP contribution < -0.4 is 0 Å². The number of rotatable bonds is 0. The SMILES string of the molecule is C/C=C1/C=CCc2cncc(C)c21. The lowest BCUT2D eigenvalue weighted by Gasteiger charge is -2.15. The molecule has 1 heteroatoms. The average Bonchev–Trinajstić information content (AvgIpc) is 2.17. The van der Waals surface area contributed by atoms with Crippen LogP contribution in [0.1, 0.15) is 23.6 Å². The van der Waals surface area contributed by atoms with Gasteiger partial charge in [-0.15, -0.1) is 0 Å². The molecule has 0 aromatic carbocycles. The number of fused-ring (bicyclic) bond motifs is 1. The Hall–Kier alpha value is -1.37. The number of hydrogen-bond donors (Lipinski definition) is 0. The first-order valence-corrected chi connectivity index (χ1v) is 4.59. The van der Waals surface area contributed by atoms with Crippen LogP contribution in [0, 0.1) is 6.92 Å². The number of hydrogen-bond acceptors (Lipinski definition) is 1. The molecular formula is C12H13N. The fourth-order valence-corrected chi connectivity index (χ4v) is 1.83. The van der Waals surface area contributed by atoms with Crippen molar-refractivity contribution in [1.82, 2.24) is 4.98 Å². The van der Waals surface area contributed by atoms with Crippen LogP contribution in [0.2, 0.25) is 0 Å². The zero-order valence-electron chi connectivity index (χ0n) is 8.04. The topological polar surface area (TPSA) is 12.9 Å². The van der Waals surface area contributed by atoms with E-state index >= 15 is 0 Å². The molecule has 1 nitrogen and oxygen atoms in total. The van der Waals surface area contributed by atoms with Gasteiger partial charge in [-0.2, -0.15) is 0 Å². The van der Waals surface area contributed by atoms with Crippen molar-refractivity contribution in [3.63, 3.8) is 0 Å². The minimum absolute atomic E-state index is 1.02. The van der Waals surface area contributed by atoms with Crippen molar-refractivity contribution in [2.75, 3.05) is 0 Å². The van der Waals surface area contributed by atoms with Gasteiger partial charge in [0.05, 0.1) is 0 Å². The Morgan fingerprint density at radius 1 is 1.38 bits per heavy atom. The number of aromatic nitrogens is 1. The van der Waals surface area contributed by atoms with Crippen molar-refractivity contribution in [3.05, 3.63) is 47.3 Å². The highest BCUT2D eigenvalue weighted by atomic mass is 14.6. The minimum Gasteiger partial charge on any atom is -0.264 e. The summed E-state index contributed by atoms with van der Waals surface area (Å²) in [6.45, 7) is 4.20. The maximum absolute atomic E-state index is 4.21. The van der Waals surface area contributed by atoms with Crippen LogP contribution in [0.15, 0.2) is 30.6 Å². The summed E-state index contributed by atoms with van der Waals surface area (Å²) in [5.41, 5.74) is 5.31. The van der Waals surface area contributed by atoms with Gasteiger partial charge in [-0.3, -0.25) is 4.98 Å². The summed E-state index contributed by atoms with van der Waals surface area (Å²) in [5.74, 6) is 0. The van der Waals surface area contributed by atoms with Crippen LogP contribution in [0.25, 0.3) is 5.57 Å². The van der Waals surface area contributed by atoms with Crippen molar-refractivity contribution in [1.29, 1.82) is 0 Å². The standard InChI is InChI=1S/C12H13N/c1-3-10-5-4-6-11-8-13-7-9(2)12(10)11/h3-5,7-8H,6H2,1-2H3/b10-3-. The Kier molecular flexibility index (Phi) is 2.01. The highest BCUT2D eigenvalue weighted by molar-refractivity contribution is 5.79. The van der Waals surface area contributed by atoms with Gasteiger partial charge in [0.1, 0.15) is 0 Å². The number of pyridine rings is 1. The molecule has 0 N–H and O–H groups in total. The molecule has 66 valence electrons. The van der Waals surface area contributed by atoms with Gasteiger partial charge < -0.3 is 0 Å². The Morgan fingerprint density at radius 2 is 2.23 bits per heavy atom. The fourth-order valence-electron chi connectivity index (χ4n) is 1.83. The van der Waals surface area contributed by atoms with Crippen LogP contribution in [-0.2, 0) is 6.42 Å². The summed E-state index contributed by atoms with van der Waals surface area (Å²) in [4.78, 5) is 4.21. The molecule has 0 fully saturated rings. The number of allylic oxidation sites excluding steroid dienone is 4. The minimum atomic E-state index is 1.02. The van der Waals surface area contributed by atoms with Crippen molar-refractivity contribution >= 4 is 5.57 Å². The van der Waals surface area contributed by atoms with E-state index in [1.165, 1.54) is 22.3 Å². The smallest absolute Gasteiger partial charge is 0.0309 e. The molecule has 2 rings (SSSR count). The number of nitrogens with zero attached hydrogens (tertiary/aromatic N) is 1. The summed E-state index contributed by atoms with van der Waals surface area (Å²) in [5, 5.41) is 0. The monoisotopic (exact) mass is 171 g/mol. The van der Waals surface area contributed by atoms with E-state index in [2.05, 4.69) is 37.1 Å². The molecule has 0 radical (unpaired) electrons. The van der Waals surface area contributed by atoms with Crippen molar-refractivity contribution in [2.24, 2.45) is 0 Å². The van der Waals surface area contributed by atoms with Gasteiger partial charge in [0, 0.05) is 12.4 Å². The summed E-state index contributed by atoms with van der Waals surface area (Å²) < 4.78 is 0.